The zero-order valence-electron chi connectivity index (χ0n) is 17.3. The largest absolute Gasteiger partial charge is 0.481 e. The van der Waals surface area contributed by atoms with Crippen molar-refractivity contribution in [3.63, 3.8) is 0 Å². The molecule has 2 N–H and O–H groups in total. The average Bonchev–Trinajstić information content (AvgIpc) is 2.84. The first-order chi connectivity index (χ1) is 15.4. The number of anilines is 2. The Morgan fingerprint density at radius 2 is 1.69 bits per heavy atom. The zero-order chi connectivity index (χ0) is 22.7. The van der Waals surface area contributed by atoms with E-state index in [0.717, 1.165) is 6.07 Å². The van der Waals surface area contributed by atoms with Gasteiger partial charge in [-0.05, 0) is 55.0 Å². The van der Waals surface area contributed by atoms with E-state index in [4.69, 9.17) is 4.74 Å². The van der Waals surface area contributed by atoms with Gasteiger partial charge in [0.15, 0.2) is 6.10 Å². The van der Waals surface area contributed by atoms with Gasteiger partial charge in [-0.15, -0.1) is 0 Å². The number of fused-ring (bicyclic) bond motifs is 1. The monoisotopic (exact) mass is 437 g/mol. The fraction of sp³-hybridized carbons (Fsp3) is 0.167. The summed E-state index contributed by atoms with van der Waals surface area (Å²) in [5.74, 6) is -1.21. The molecule has 0 radical (unpaired) electrons. The maximum Gasteiger partial charge on any atom is 0.323 e. The fourth-order valence-corrected chi connectivity index (χ4v) is 3.55. The Hall–Kier alpha value is -3.94. The molecule has 0 spiro atoms. The summed E-state index contributed by atoms with van der Waals surface area (Å²) >= 11 is 0. The smallest absolute Gasteiger partial charge is 0.323 e. The van der Waals surface area contributed by atoms with Crippen LogP contribution in [0.4, 0.5) is 25.0 Å². The Balaban J connectivity index is 1.53. The molecular formula is C24H21F2N3O3. The molecule has 3 aromatic carbocycles. The number of urea groups is 1. The van der Waals surface area contributed by atoms with Gasteiger partial charge in [0.2, 0.25) is 0 Å². The van der Waals surface area contributed by atoms with E-state index in [9.17, 15) is 18.4 Å². The average molecular weight is 437 g/mol. The lowest BCUT2D eigenvalue weighted by Crippen LogP contribution is -2.37. The number of para-hydroxylation sites is 1. The van der Waals surface area contributed by atoms with E-state index >= 15 is 0 Å². The van der Waals surface area contributed by atoms with Crippen molar-refractivity contribution in [1.29, 1.82) is 0 Å². The molecule has 164 valence electrons. The number of carbonyl (C=O) groups is 2. The van der Waals surface area contributed by atoms with Crippen molar-refractivity contribution >= 4 is 23.3 Å². The van der Waals surface area contributed by atoms with Gasteiger partial charge in [0.05, 0.1) is 0 Å². The minimum Gasteiger partial charge on any atom is -0.481 e. The molecule has 1 aliphatic rings. The van der Waals surface area contributed by atoms with Gasteiger partial charge in [-0.2, -0.15) is 0 Å². The Labute approximate surface area is 183 Å². The SMILES string of the molecule is C[C@@H]1Oc2ccc(NC(=O)Nc3ccccc3)cc2CN(Cc2cc(F)cc(F)c2)C1=O. The van der Waals surface area contributed by atoms with E-state index in [-0.39, 0.29) is 19.0 Å². The summed E-state index contributed by atoms with van der Waals surface area (Å²) in [6.45, 7) is 1.80. The summed E-state index contributed by atoms with van der Waals surface area (Å²) in [5, 5.41) is 5.49. The van der Waals surface area contributed by atoms with Gasteiger partial charge in [0, 0.05) is 36.1 Å². The third kappa shape index (κ3) is 5.03. The van der Waals surface area contributed by atoms with E-state index in [1.54, 1.807) is 37.3 Å². The number of amides is 3. The van der Waals surface area contributed by atoms with Gasteiger partial charge < -0.3 is 20.3 Å². The van der Waals surface area contributed by atoms with Gasteiger partial charge in [-0.25, -0.2) is 13.6 Å². The molecule has 1 heterocycles. The number of carbonyl (C=O) groups excluding carboxylic acids is 2. The normalized spacial score (nSPS) is 15.4. The third-order valence-corrected chi connectivity index (χ3v) is 4.97. The highest BCUT2D eigenvalue weighted by Crippen LogP contribution is 2.29. The number of hydrogen-bond donors (Lipinski definition) is 2. The van der Waals surface area contributed by atoms with Crippen molar-refractivity contribution in [1.82, 2.24) is 4.90 Å². The second-order valence-corrected chi connectivity index (χ2v) is 7.50. The van der Waals surface area contributed by atoms with E-state index in [1.165, 1.54) is 17.0 Å². The third-order valence-electron chi connectivity index (χ3n) is 4.97. The fourth-order valence-electron chi connectivity index (χ4n) is 3.55. The highest BCUT2D eigenvalue weighted by Gasteiger charge is 2.28. The number of nitrogens with zero attached hydrogens (tertiary/aromatic N) is 1. The van der Waals surface area contributed by atoms with Gasteiger partial charge in [0.25, 0.3) is 5.91 Å². The molecule has 0 aliphatic carbocycles. The number of benzene rings is 3. The van der Waals surface area contributed by atoms with Crippen LogP contribution in [0.15, 0.2) is 66.7 Å². The van der Waals surface area contributed by atoms with Gasteiger partial charge in [-0.3, -0.25) is 4.79 Å². The van der Waals surface area contributed by atoms with Gasteiger partial charge >= 0.3 is 6.03 Å². The second kappa shape index (κ2) is 9.05. The van der Waals surface area contributed by atoms with Crippen LogP contribution in [0.1, 0.15) is 18.1 Å². The van der Waals surface area contributed by atoms with E-state index in [1.807, 2.05) is 18.2 Å². The van der Waals surface area contributed by atoms with Crippen molar-refractivity contribution < 1.29 is 23.1 Å². The molecule has 0 unspecified atom stereocenters. The Kier molecular flexibility index (Phi) is 6.02. The minimum atomic E-state index is -0.769. The Morgan fingerprint density at radius 3 is 2.41 bits per heavy atom. The lowest BCUT2D eigenvalue weighted by atomic mass is 10.1. The van der Waals surface area contributed by atoms with Crippen molar-refractivity contribution in [2.75, 3.05) is 10.6 Å². The molecule has 32 heavy (non-hydrogen) atoms. The van der Waals surface area contributed by atoms with E-state index in [0.29, 0.717) is 28.3 Å². The van der Waals surface area contributed by atoms with Crippen LogP contribution in [-0.2, 0) is 17.9 Å². The molecule has 0 saturated heterocycles. The first-order valence-electron chi connectivity index (χ1n) is 10.0. The van der Waals surface area contributed by atoms with Crippen molar-refractivity contribution in [2.24, 2.45) is 0 Å². The van der Waals surface area contributed by atoms with Crippen LogP contribution in [0, 0.1) is 11.6 Å². The molecule has 6 nitrogen and oxygen atoms in total. The highest BCUT2D eigenvalue weighted by atomic mass is 19.1. The first-order valence-corrected chi connectivity index (χ1v) is 10.0. The number of ether oxygens (including phenoxy) is 1. The summed E-state index contributed by atoms with van der Waals surface area (Å²) in [4.78, 5) is 26.6. The molecule has 0 aromatic heterocycles. The number of halogens is 2. The maximum atomic E-state index is 13.6. The van der Waals surface area contributed by atoms with Crippen LogP contribution < -0.4 is 15.4 Å². The molecule has 4 rings (SSSR count). The van der Waals surface area contributed by atoms with Crippen LogP contribution in [0.5, 0.6) is 5.75 Å². The summed E-state index contributed by atoms with van der Waals surface area (Å²) in [6.07, 6.45) is -0.769. The molecule has 3 aromatic rings. The Bertz CT molecular complexity index is 1130. The molecule has 1 atom stereocenters. The second-order valence-electron chi connectivity index (χ2n) is 7.50. The summed E-state index contributed by atoms with van der Waals surface area (Å²) in [6, 6.07) is 16.8. The summed E-state index contributed by atoms with van der Waals surface area (Å²) in [7, 11) is 0. The Morgan fingerprint density at radius 1 is 1.00 bits per heavy atom. The molecule has 3 amide bonds. The summed E-state index contributed by atoms with van der Waals surface area (Å²) in [5.41, 5.74) is 2.16. The standard InChI is InChI=1S/C24H21F2N3O3/c1-15-23(30)29(13-16-9-18(25)12-19(26)10-16)14-17-11-21(7-8-22(17)32-15)28-24(31)27-20-5-3-2-4-6-20/h2-12,15H,13-14H2,1H3,(H2,27,28,31)/t15-/m0/s1. The molecule has 8 heteroatoms. The maximum absolute atomic E-state index is 13.6. The number of hydrogen-bond acceptors (Lipinski definition) is 3. The molecule has 1 aliphatic heterocycles. The highest BCUT2D eigenvalue weighted by molar-refractivity contribution is 5.99. The molecular weight excluding hydrogens is 416 g/mol. The molecule has 0 bridgehead atoms. The quantitative estimate of drug-likeness (QED) is 0.609. The van der Waals surface area contributed by atoms with E-state index in [2.05, 4.69) is 10.6 Å². The summed E-state index contributed by atoms with van der Waals surface area (Å²) < 4.78 is 33.0. The van der Waals surface area contributed by atoms with Crippen molar-refractivity contribution in [3.8, 4) is 5.75 Å². The van der Waals surface area contributed by atoms with Gasteiger partial charge in [-0.1, -0.05) is 18.2 Å². The lowest BCUT2D eigenvalue weighted by molar-refractivity contribution is -0.138. The lowest BCUT2D eigenvalue weighted by Gasteiger charge is -2.22. The predicted octanol–water partition coefficient (Wildman–Crippen LogP) is 4.92. The van der Waals surface area contributed by atoms with Crippen LogP contribution in [0.2, 0.25) is 0 Å². The van der Waals surface area contributed by atoms with Gasteiger partial charge in [0.1, 0.15) is 17.4 Å². The van der Waals surface area contributed by atoms with Crippen LogP contribution in [0.25, 0.3) is 0 Å². The van der Waals surface area contributed by atoms with E-state index < -0.39 is 23.8 Å². The van der Waals surface area contributed by atoms with Crippen LogP contribution in [-0.4, -0.2) is 22.9 Å². The minimum absolute atomic E-state index is 0.0206. The van der Waals surface area contributed by atoms with Crippen molar-refractivity contribution in [2.45, 2.75) is 26.1 Å². The predicted molar refractivity (Wildman–Crippen MR) is 116 cm³/mol. The number of rotatable bonds is 4. The first kappa shape index (κ1) is 21.3. The van der Waals surface area contributed by atoms with Crippen LogP contribution >= 0.6 is 0 Å². The van der Waals surface area contributed by atoms with Crippen LogP contribution in [0.3, 0.4) is 0 Å². The topological polar surface area (TPSA) is 70.7 Å². The van der Waals surface area contributed by atoms with Crippen molar-refractivity contribution in [3.05, 3.63) is 89.5 Å². The number of nitrogens with one attached hydrogen (secondary N) is 2. The molecule has 0 saturated carbocycles. The zero-order valence-corrected chi connectivity index (χ0v) is 17.3. The molecule has 0 fully saturated rings.